The van der Waals surface area contributed by atoms with E-state index in [9.17, 15) is 8.42 Å². The molecule has 4 rings (SSSR count). The summed E-state index contributed by atoms with van der Waals surface area (Å²) < 4.78 is 26.5. The molecule has 0 atom stereocenters. The van der Waals surface area contributed by atoms with Crippen molar-refractivity contribution in [3.8, 4) is 28.1 Å². The van der Waals surface area contributed by atoms with Gasteiger partial charge >= 0.3 is 0 Å². The minimum atomic E-state index is -3.80. The largest absolute Gasteiger partial charge is 0.296 e. The highest BCUT2D eigenvalue weighted by molar-refractivity contribution is 7.90. The fourth-order valence-electron chi connectivity index (χ4n) is 3.32. The molecule has 0 fully saturated rings. The minimum absolute atomic E-state index is 0.397. The minimum Gasteiger partial charge on any atom is -0.271 e. The number of rotatable bonds is 5. The molecule has 3 aromatic carbocycles. The molecular formula is C23H22N4O2S. The summed E-state index contributed by atoms with van der Waals surface area (Å²) in [6.07, 6.45) is 0. The molecule has 4 aromatic rings. The lowest BCUT2D eigenvalue weighted by molar-refractivity contribution is 0.603. The molecule has 1 aromatic heterocycles. The van der Waals surface area contributed by atoms with Gasteiger partial charge in [-0.2, -0.15) is 13.5 Å². The third kappa shape index (κ3) is 4.42. The second-order valence-electron chi connectivity index (χ2n) is 7.22. The van der Waals surface area contributed by atoms with E-state index in [1.807, 2.05) is 17.7 Å². The van der Waals surface area contributed by atoms with Crippen molar-refractivity contribution in [3.63, 3.8) is 0 Å². The molecule has 152 valence electrons. The molecular weight excluding hydrogens is 396 g/mol. The van der Waals surface area contributed by atoms with E-state index in [2.05, 4.69) is 65.3 Å². The number of nitrogens with zero attached hydrogens (tertiary/aromatic N) is 2. The highest BCUT2D eigenvalue weighted by Crippen LogP contribution is 2.28. The number of hydrogen-bond donors (Lipinski definition) is 2. The van der Waals surface area contributed by atoms with Gasteiger partial charge in [-0.15, -0.1) is 0 Å². The van der Waals surface area contributed by atoms with Gasteiger partial charge in [-0.3, -0.25) is 4.72 Å². The summed E-state index contributed by atoms with van der Waals surface area (Å²) in [7, 11) is -3.80. The Morgan fingerprint density at radius 1 is 0.800 bits per heavy atom. The van der Waals surface area contributed by atoms with E-state index >= 15 is 0 Å². The van der Waals surface area contributed by atoms with Crippen LogP contribution in [0.15, 0.2) is 78.9 Å². The molecule has 0 amide bonds. The predicted molar refractivity (Wildman–Crippen MR) is 121 cm³/mol. The van der Waals surface area contributed by atoms with Crippen LogP contribution >= 0.6 is 0 Å². The molecule has 3 N–H and O–H groups in total. The Morgan fingerprint density at radius 2 is 1.33 bits per heavy atom. The van der Waals surface area contributed by atoms with Crippen molar-refractivity contribution in [2.45, 2.75) is 13.8 Å². The molecule has 0 aliphatic heterocycles. The van der Waals surface area contributed by atoms with E-state index in [-0.39, 0.29) is 0 Å². The standard InChI is InChI=1S/C23H22N4O2S/c1-16-3-5-18(6-4-16)19-7-9-20(10-8-19)23-15-17(2)25-27(23)22-13-11-21(12-14-22)26-30(24,28)29/h3-15,26H,1-2H3,(H2,24,28,29). The van der Waals surface area contributed by atoms with Gasteiger partial charge < -0.3 is 0 Å². The molecule has 0 saturated carbocycles. The van der Waals surface area contributed by atoms with Gasteiger partial charge in [0.15, 0.2) is 0 Å². The number of benzene rings is 3. The summed E-state index contributed by atoms with van der Waals surface area (Å²) in [5.41, 5.74) is 7.66. The Hall–Kier alpha value is -3.42. The Kier molecular flexibility index (Phi) is 5.15. The maximum absolute atomic E-state index is 11.2. The van der Waals surface area contributed by atoms with E-state index in [0.717, 1.165) is 28.2 Å². The van der Waals surface area contributed by atoms with Gasteiger partial charge in [0.2, 0.25) is 0 Å². The van der Waals surface area contributed by atoms with Crippen molar-refractivity contribution in [2.24, 2.45) is 5.14 Å². The fraction of sp³-hybridized carbons (Fsp3) is 0.0870. The number of nitrogens with one attached hydrogen (secondary N) is 1. The van der Waals surface area contributed by atoms with Crippen molar-refractivity contribution in [1.82, 2.24) is 9.78 Å². The van der Waals surface area contributed by atoms with Crippen LogP contribution in [0.5, 0.6) is 0 Å². The second kappa shape index (κ2) is 7.78. The van der Waals surface area contributed by atoms with Gasteiger partial charge in [-0.1, -0.05) is 54.1 Å². The third-order valence-electron chi connectivity index (χ3n) is 4.77. The molecule has 30 heavy (non-hydrogen) atoms. The molecule has 0 aliphatic rings. The van der Waals surface area contributed by atoms with E-state index in [1.165, 1.54) is 11.1 Å². The summed E-state index contributed by atoms with van der Waals surface area (Å²) in [5, 5.41) is 9.63. The van der Waals surface area contributed by atoms with Crippen molar-refractivity contribution in [2.75, 3.05) is 4.72 Å². The first kappa shape index (κ1) is 19.9. The van der Waals surface area contributed by atoms with Crippen LogP contribution in [0.2, 0.25) is 0 Å². The van der Waals surface area contributed by atoms with Gasteiger partial charge in [0.05, 0.1) is 17.1 Å². The number of aromatic nitrogens is 2. The number of hydrogen-bond acceptors (Lipinski definition) is 3. The average molecular weight is 419 g/mol. The van der Waals surface area contributed by atoms with Crippen LogP contribution in [0.4, 0.5) is 5.69 Å². The van der Waals surface area contributed by atoms with Gasteiger partial charge in [0.25, 0.3) is 10.2 Å². The molecule has 0 radical (unpaired) electrons. The summed E-state index contributed by atoms with van der Waals surface area (Å²) >= 11 is 0. The first-order valence-electron chi connectivity index (χ1n) is 9.44. The van der Waals surface area contributed by atoms with Gasteiger partial charge in [-0.25, -0.2) is 9.82 Å². The maximum Gasteiger partial charge on any atom is 0.296 e. The van der Waals surface area contributed by atoms with E-state index in [0.29, 0.717) is 5.69 Å². The van der Waals surface area contributed by atoms with Crippen molar-refractivity contribution in [1.29, 1.82) is 0 Å². The summed E-state index contributed by atoms with van der Waals surface area (Å²) in [6, 6.07) is 25.8. The Balaban J connectivity index is 1.65. The lowest BCUT2D eigenvalue weighted by Gasteiger charge is -2.10. The van der Waals surface area contributed by atoms with Crippen LogP contribution in [0, 0.1) is 13.8 Å². The first-order valence-corrected chi connectivity index (χ1v) is 11.0. The second-order valence-corrected chi connectivity index (χ2v) is 8.51. The quantitative estimate of drug-likeness (QED) is 0.502. The van der Waals surface area contributed by atoms with Crippen molar-refractivity contribution >= 4 is 15.9 Å². The molecule has 0 spiro atoms. The molecule has 0 bridgehead atoms. The van der Waals surface area contributed by atoms with Crippen LogP contribution < -0.4 is 9.86 Å². The first-order chi connectivity index (χ1) is 14.3. The number of nitrogens with two attached hydrogens (primary N) is 1. The zero-order valence-corrected chi connectivity index (χ0v) is 17.5. The Labute approximate surface area is 176 Å². The van der Waals surface area contributed by atoms with Crippen LogP contribution in [0.25, 0.3) is 28.1 Å². The molecule has 7 heteroatoms. The zero-order chi connectivity index (χ0) is 21.3. The normalized spacial score (nSPS) is 11.4. The summed E-state index contributed by atoms with van der Waals surface area (Å²) in [4.78, 5) is 0. The van der Waals surface area contributed by atoms with Crippen LogP contribution in [-0.2, 0) is 10.2 Å². The number of aryl methyl sites for hydroxylation is 2. The average Bonchev–Trinajstić information content (AvgIpc) is 3.10. The Bertz CT molecular complexity index is 1270. The van der Waals surface area contributed by atoms with E-state index < -0.39 is 10.2 Å². The molecule has 6 nitrogen and oxygen atoms in total. The van der Waals surface area contributed by atoms with Crippen LogP contribution in [0.1, 0.15) is 11.3 Å². The van der Waals surface area contributed by atoms with Crippen LogP contribution in [-0.4, -0.2) is 18.2 Å². The highest BCUT2D eigenvalue weighted by Gasteiger charge is 2.11. The maximum atomic E-state index is 11.2. The SMILES string of the molecule is Cc1ccc(-c2ccc(-c3cc(C)nn3-c3ccc(NS(N)(=O)=O)cc3)cc2)cc1. The summed E-state index contributed by atoms with van der Waals surface area (Å²) in [6.45, 7) is 4.02. The zero-order valence-electron chi connectivity index (χ0n) is 16.7. The molecule has 1 heterocycles. The van der Waals surface area contributed by atoms with Gasteiger partial charge in [0.1, 0.15) is 0 Å². The van der Waals surface area contributed by atoms with Gasteiger partial charge in [0, 0.05) is 11.3 Å². The predicted octanol–water partition coefficient (Wildman–Crippen LogP) is 4.44. The summed E-state index contributed by atoms with van der Waals surface area (Å²) in [5.74, 6) is 0. The number of anilines is 1. The van der Waals surface area contributed by atoms with E-state index in [1.54, 1.807) is 24.3 Å². The lowest BCUT2D eigenvalue weighted by atomic mass is 10.0. The fourth-order valence-corrected chi connectivity index (χ4v) is 3.78. The van der Waals surface area contributed by atoms with Crippen molar-refractivity contribution in [3.05, 3.63) is 90.1 Å². The van der Waals surface area contributed by atoms with Crippen molar-refractivity contribution < 1.29 is 8.42 Å². The monoisotopic (exact) mass is 418 g/mol. The van der Waals surface area contributed by atoms with E-state index in [4.69, 9.17) is 5.14 Å². The highest BCUT2D eigenvalue weighted by atomic mass is 32.2. The molecule has 0 unspecified atom stereocenters. The van der Waals surface area contributed by atoms with Crippen LogP contribution in [0.3, 0.4) is 0 Å². The van der Waals surface area contributed by atoms with Gasteiger partial charge in [-0.05, 0) is 55.3 Å². The smallest absolute Gasteiger partial charge is 0.271 e. The topological polar surface area (TPSA) is 90.0 Å². The third-order valence-corrected chi connectivity index (χ3v) is 5.29. The lowest BCUT2D eigenvalue weighted by Crippen LogP contribution is -2.21. The molecule has 0 saturated heterocycles. The molecule has 0 aliphatic carbocycles. The Morgan fingerprint density at radius 3 is 1.90 bits per heavy atom.